The Labute approximate surface area is 239 Å². The van der Waals surface area contributed by atoms with E-state index >= 15 is 4.39 Å². The Balaban J connectivity index is 1.35. The number of anilines is 2. The largest absolute Gasteiger partial charge is 0.507 e. The first-order valence-electron chi connectivity index (χ1n) is 13.3. The second-order valence-corrected chi connectivity index (χ2v) is 9.50. The first-order chi connectivity index (χ1) is 20.0. The summed E-state index contributed by atoms with van der Waals surface area (Å²) in [5.41, 5.74) is -0.897. The number of piperazine rings is 1. The summed E-state index contributed by atoms with van der Waals surface area (Å²) in [6.07, 6.45) is 0.999. The van der Waals surface area contributed by atoms with E-state index in [2.05, 4.69) is 10.3 Å². The molecule has 1 saturated heterocycles. The van der Waals surface area contributed by atoms with Gasteiger partial charge in [0.05, 0.1) is 12.0 Å². The summed E-state index contributed by atoms with van der Waals surface area (Å²) in [7, 11) is 0. The molecule has 0 spiro atoms. The number of aromatic nitrogens is 2. The number of aromatic hydroxyl groups is 1. The molecular formula is C28H30FN5O8. The smallest absolute Gasteiger partial charge is 0.341 e. The van der Waals surface area contributed by atoms with E-state index in [1.165, 1.54) is 29.0 Å². The summed E-state index contributed by atoms with van der Waals surface area (Å²) in [4.78, 5) is 68.5. The zero-order chi connectivity index (χ0) is 30.6. The predicted molar refractivity (Wildman–Crippen MR) is 149 cm³/mol. The van der Waals surface area contributed by atoms with Crippen molar-refractivity contribution in [2.75, 3.05) is 43.0 Å². The molecule has 3 aromatic rings. The molecule has 13 nitrogen and oxygen atoms in total. The van der Waals surface area contributed by atoms with E-state index in [9.17, 15) is 34.2 Å². The van der Waals surface area contributed by atoms with E-state index in [0.717, 1.165) is 6.07 Å². The van der Waals surface area contributed by atoms with Crippen LogP contribution in [0.15, 0.2) is 35.3 Å². The van der Waals surface area contributed by atoms with Gasteiger partial charge in [-0.2, -0.15) is 0 Å². The van der Waals surface area contributed by atoms with Gasteiger partial charge in [0.1, 0.15) is 22.5 Å². The summed E-state index contributed by atoms with van der Waals surface area (Å²) < 4.78 is 21.4. The second kappa shape index (κ2) is 12.7. The molecule has 1 aliphatic heterocycles. The molecule has 222 valence electrons. The highest BCUT2D eigenvalue weighted by molar-refractivity contribution is 5.96. The summed E-state index contributed by atoms with van der Waals surface area (Å²) in [6, 6.07) is 4.99. The highest BCUT2D eigenvalue weighted by Crippen LogP contribution is 2.24. The molecule has 3 heterocycles. The number of aromatic carboxylic acids is 1. The molecule has 1 fully saturated rings. The zero-order valence-electron chi connectivity index (χ0n) is 23.1. The first-order valence-corrected chi connectivity index (χ1v) is 13.3. The first kappa shape index (κ1) is 30.0. The number of halogens is 1. The summed E-state index contributed by atoms with van der Waals surface area (Å²) >= 11 is 0. The average molecular weight is 584 g/mol. The van der Waals surface area contributed by atoms with Crippen molar-refractivity contribution in [1.29, 1.82) is 0 Å². The fourth-order valence-electron chi connectivity index (χ4n) is 4.65. The number of phenols is 1. The van der Waals surface area contributed by atoms with Gasteiger partial charge >= 0.3 is 11.9 Å². The molecule has 4 rings (SSSR count). The van der Waals surface area contributed by atoms with Gasteiger partial charge in [0.15, 0.2) is 11.6 Å². The van der Waals surface area contributed by atoms with Crippen molar-refractivity contribution in [3.05, 3.63) is 57.6 Å². The summed E-state index contributed by atoms with van der Waals surface area (Å²) in [6.45, 7) is 4.85. The van der Waals surface area contributed by atoms with Gasteiger partial charge in [0.25, 0.3) is 0 Å². The van der Waals surface area contributed by atoms with Crippen LogP contribution in [-0.2, 0) is 20.9 Å². The number of pyridine rings is 2. The number of phenolic OH excluding ortho intramolecular Hbond substituents is 1. The number of hydrogen-bond donors (Lipinski definition) is 3. The fourth-order valence-corrected chi connectivity index (χ4v) is 4.65. The number of esters is 1. The Morgan fingerprint density at radius 1 is 1.05 bits per heavy atom. The third kappa shape index (κ3) is 6.32. The van der Waals surface area contributed by atoms with Crippen LogP contribution in [0, 0.1) is 5.82 Å². The van der Waals surface area contributed by atoms with E-state index in [4.69, 9.17) is 4.74 Å². The number of nitrogens with one attached hydrogen (secondary N) is 1. The Morgan fingerprint density at radius 3 is 2.38 bits per heavy atom. The van der Waals surface area contributed by atoms with E-state index in [-0.39, 0.29) is 85.4 Å². The van der Waals surface area contributed by atoms with Gasteiger partial charge in [-0.15, -0.1) is 0 Å². The Bertz CT molecular complexity index is 1610. The molecule has 0 radical (unpaired) electrons. The molecule has 0 bridgehead atoms. The van der Waals surface area contributed by atoms with Crippen LogP contribution < -0.4 is 15.6 Å². The highest BCUT2D eigenvalue weighted by atomic mass is 19.1. The van der Waals surface area contributed by atoms with Crippen molar-refractivity contribution in [3.63, 3.8) is 0 Å². The standard InChI is InChI=1S/C28H30FN5O8/c1-3-32-15-19(27(39)40)24(38)18-14-20(29)26(31-25(18)32)34-11-9-33(10-12-34)23(37)8-7-22(36)30-16-5-6-17(21(35)13-16)28(41)42-4-2/h5-6,13-15,35H,3-4,7-12H2,1-2H3,(H,30,36)(H,39,40). The van der Waals surface area contributed by atoms with E-state index in [1.54, 1.807) is 23.6 Å². The number of ether oxygens (including phenoxy) is 1. The van der Waals surface area contributed by atoms with Gasteiger partial charge < -0.3 is 34.6 Å². The minimum atomic E-state index is -1.41. The Kier molecular flexibility index (Phi) is 9.03. The number of nitrogens with zero attached hydrogens (tertiary/aromatic N) is 4. The Hall–Kier alpha value is -5.01. The number of carbonyl (C=O) groups is 4. The summed E-state index contributed by atoms with van der Waals surface area (Å²) in [5.74, 6) is -3.94. The number of aryl methyl sites for hydroxylation is 1. The van der Waals surface area contributed by atoms with Crippen LogP contribution in [0.1, 0.15) is 47.4 Å². The number of carboxylic acid groups (broad SMARTS) is 1. The van der Waals surface area contributed by atoms with Crippen LogP contribution in [0.4, 0.5) is 15.9 Å². The van der Waals surface area contributed by atoms with Gasteiger partial charge in [-0.05, 0) is 32.0 Å². The normalized spacial score (nSPS) is 13.2. The number of amides is 2. The quantitative estimate of drug-likeness (QED) is 0.317. The SMILES string of the molecule is CCOC(=O)c1ccc(NC(=O)CCC(=O)N2CCN(c3nc4c(cc3F)c(=O)c(C(=O)O)cn4CC)CC2)cc1O. The van der Waals surface area contributed by atoms with E-state index < -0.39 is 34.7 Å². The van der Waals surface area contributed by atoms with Crippen molar-refractivity contribution in [3.8, 4) is 5.75 Å². The Morgan fingerprint density at radius 2 is 1.76 bits per heavy atom. The number of hydrogen-bond acceptors (Lipinski definition) is 9. The zero-order valence-corrected chi connectivity index (χ0v) is 23.1. The van der Waals surface area contributed by atoms with Crippen molar-refractivity contribution in [1.82, 2.24) is 14.5 Å². The van der Waals surface area contributed by atoms with Gasteiger partial charge in [-0.25, -0.2) is 19.0 Å². The van der Waals surface area contributed by atoms with E-state index in [1.807, 2.05) is 0 Å². The van der Waals surface area contributed by atoms with Gasteiger partial charge in [-0.3, -0.25) is 14.4 Å². The van der Waals surface area contributed by atoms with Gasteiger partial charge in [-0.1, -0.05) is 0 Å². The summed E-state index contributed by atoms with van der Waals surface area (Å²) in [5, 5.41) is 21.8. The lowest BCUT2D eigenvalue weighted by molar-refractivity contribution is -0.133. The molecule has 42 heavy (non-hydrogen) atoms. The van der Waals surface area contributed by atoms with Gasteiger partial charge in [0, 0.05) is 63.5 Å². The molecule has 2 aromatic heterocycles. The maximum Gasteiger partial charge on any atom is 0.341 e. The average Bonchev–Trinajstić information content (AvgIpc) is 2.96. The molecule has 1 aliphatic rings. The lowest BCUT2D eigenvalue weighted by atomic mass is 10.1. The molecular weight excluding hydrogens is 553 g/mol. The van der Waals surface area contributed by atoms with Crippen molar-refractivity contribution < 1.29 is 38.5 Å². The van der Waals surface area contributed by atoms with Crippen LogP contribution in [0.3, 0.4) is 0 Å². The van der Waals surface area contributed by atoms with E-state index in [0.29, 0.717) is 6.54 Å². The van der Waals surface area contributed by atoms with Crippen LogP contribution in [0.25, 0.3) is 11.0 Å². The van der Waals surface area contributed by atoms with Crippen molar-refractivity contribution in [2.45, 2.75) is 33.2 Å². The van der Waals surface area contributed by atoms with Crippen LogP contribution in [-0.4, -0.2) is 81.2 Å². The molecule has 14 heteroatoms. The number of carbonyl (C=O) groups excluding carboxylic acids is 3. The highest BCUT2D eigenvalue weighted by Gasteiger charge is 2.26. The minimum absolute atomic E-state index is 0.00382. The minimum Gasteiger partial charge on any atom is -0.507 e. The maximum absolute atomic E-state index is 15.1. The number of rotatable bonds is 9. The topological polar surface area (TPSA) is 171 Å². The molecule has 1 aromatic carbocycles. The third-order valence-corrected chi connectivity index (χ3v) is 6.83. The lowest BCUT2D eigenvalue weighted by Crippen LogP contribution is -2.49. The molecule has 0 aliphatic carbocycles. The molecule has 3 N–H and O–H groups in total. The third-order valence-electron chi connectivity index (χ3n) is 6.83. The van der Waals surface area contributed by atoms with Crippen LogP contribution >= 0.6 is 0 Å². The number of fused-ring (bicyclic) bond motifs is 1. The second-order valence-electron chi connectivity index (χ2n) is 9.50. The molecule has 0 unspecified atom stereocenters. The van der Waals surface area contributed by atoms with Crippen LogP contribution in [0.5, 0.6) is 5.75 Å². The predicted octanol–water partition coefficient (Wildman–Crippen LogP) is 2.20. The maximum atomic E-state index is 15.1. The molecule has 0 atom stereocenters. The van der Waals surface area contributed by atoms with Gasteiger partial charge in [0.2, 0.25) is 17.2 Å². The molecule has 0 saturated carbocycles. The van der Waals surface area contributed by atoms with Crippen molar-refractivity contribution in [2.24, 2.45) is 0 Å². The monoisotopic (exact) mass is 583 g/mol. The number of benzene rings is 1. The lowest BCUT2D eigenvalue weighted by Gasteiger charge is -2.35. The fraction of sp³-hybridized carbons (Fsp3) is 0.357. The molecule has 2 amide bonds. The number of carboxylic acids is 1. The van der Waals surface area contributed by atoms with Crippen LogP contribution in [0.2, 0.25) is 0 Å². The van der Waals surface area contributed by atoms with Crippen molar-refractivity contribution >= 4 is 46.3 Å².